The number of halogens is 2. The van der Waals surface area contributed by atoms with Gasteiger partial charge < -0.3 is 20.0 Å². The molecule has 1 aliphatic rings. The van der Waals surface area contributed by atoms with E-state index in [1.807, 2.05) is 6.07 Å². The van der Waals surface area contributed by atoms with Crippen LogP contribution in [0.5, 0.6) is 5.75 Å². The molecule has 4 nitrogen and oxygen atoms in total. The van der Waals surface area contributed by atoms with Crippen molar-refractivity contribution in [1.29, 1.82) is 0 Å². The van der Waals surface area contributed by atoms with Gasteiger partial charge in [-0.1, -0.05) is 0 Å². The number of aromatic amines is 2. The quantitative estimate of drug-likeness (QED) is 0.407. The first-order valence-corrected chi connectivity index (χ1v) is 9.39. The monoisotopic (exact) mass is 377 g/mol. The van der Waals surface area contributed by atoms with Gasteiger partial charge in [0.25, 0.3) is 0 Å². The minimum atomic E-state index is -0.291. The maximum absolute atomic E-state index is 13.9. The molecule has 0 bridgehead atoms. The van der Waals surface area contributed by atoms with Gasteiger partial charge in [-0.05, 0) is 55.4 Å². The molecule has 1 saturated heterocycles. The van der Waals surface area contributed by atoms with Gasteiger partial charge in [0.05, 0.1) is 11.0 Å². The molecule has 1 atom stereocenters. The lowest BCUT2D eigenvalue weighted by atomic mass is 10.1. The first-order valence-electron chi connectivity index (χ1n) is 9.39. The molecule has 1 aliphatic heterocycles. The van der Waals surface area contributed by atoms with Crippen molar-refractivity contribution < 1.29 is 13.5 Å². The number of nitrogens with one attached hydrogen (secondary N) is 3. The second kappa shape index (κ2) is 5.69. The zero-order chi connectivity index (χ0) is 18.8. The third kappa shape index (κ3) is 2.24. The van der Waals surface area contributed by atoms with Crippen molar-refractivity contribution >= 4 is 43.6 Å². The standard InChI is InChI=1S/C22H17F2N3O/c23-11-1-3-18-14(7-11)16-9-17-15-8-12(24)2-4-19(15)27-21(17)22(20(16)26-18)28-13-5-6-25-10-13/h1-4,7-9,13,25-27H,5-6,10H2/t13-/m0/s1. The first kappa shape index (κ1) is 15.9. The van der Waals surface area contributed by atoms with E-state index in [0.29, 0.717) is 5.75 Å². The highest BCUT2D eigenvalue weighted by molar-refractivity contribution is 6.20. The lowest BCUT2D eigenvalue weighted by molar-refractivity contribution is 0.228. The Hall–Kier alpha value is -3.12. The third-order valence-electron chi connectivity index (χ3n) is 5.64. The van der Waals surface area contributed by atoms with Crippen LogP contribution < -0.4 is 10.1 Å². The van der Waals surface area contributed by atoms with Gasteiger partial charge >= 0.3 is 0 Å². The average Bonchev–Trinajstić information content (AvgIpc) is 3.39. The second-order valence-electron chi connectivity index (χ2n) is 7.41. The van der Waals surface area contributed by atoms with Crippen LogP contribution >= 0.6 is 0 Å². The fourth-order valence-electron chi connectivity index (χ4n) is 4.31. The number of H-pyrrole nitrogens is 2. The van der Waals surface area contributed by atoms with Gasteiger partial charge in [0.2, 0.25) is 0 Å². The molecule has 3 aromatic carbocycles. The van der Waals surface area contributed by atoms with Crippen LogP contribution in [-0.2, 0) is 0 Å². The molecule has 6 rings (SSSR count). The lowest BCUT2D eigenvalue weighted by Gasteiger charge is -2.14. The summed E-state index contributed by atoms with van der Waals surface area (Å²) in [4.78, 5) is 6.78. The van der Waals surface area contributed by atoms with Gasteiger partial charge in [-0.3, -0.25) is 0 Å². The zero-order valence-electron chi connectivity index (χ0n) is 14.9. The van der Waals surface area contributed by atoms with E-state index in [1.54, 1.807) is 12.1 Å². The molecule has 1 fully saturated rings. The summed E-state index contributed by atoms with van der Waals surface area (Å²) in [7, 11) is 0. The smallest absolute Gasteiger partial charge is 0.167 e. The van der Waals surface area contributed by atoms with Crippen molar-refractivity contribution in [1.82, 2.24) is 15.3 Å². The summed E-state index contributed by atoms with van der Waals surface area (Å²) in [6.07, 6.45) is 0.974. The van der Waals surface area contributed by atoms with Crippen molar-refractivity contribution in [3.63, 3.8) is 0 Å². The summed E-state index contributed by atoms with van der Waals surface area (Å²) in [5.74, 6) is 0.122. The van der Waals surface area contributed by atoms with Crippen LogP contribution in [0.2, 0.25) is 0 Å². The van der Waals surface area contributed by atoms with E-state index in [9.17, 15) is 8.78 Å². The molecule has 2 aromatic heterocycles. The highest BCUT2D eigenvalue weighted by Gasteiger charge is 2.22. The summed E-state index contributed by atoms with van der Waals surface area (Å²) >= 11 is 0. The minimum Gasteiger partial charge on any atom is -0.485 e. The van der Waals surface area contributed by atoms with Gasteiger partial charge in [-0.15, -0.1) is 0 Å². The highest BCUT2D eigenvalue weighted by atomic mass is 19.1. The highest BCUT2D eigenvalue weighted by Crippen LogP contribution is 2.41. The predicted molar refractivity (Wildman–Crippen MR) is 107 cm³/mol. The summed E-state index contributed by atoms with van der Waals surface area (Å²) in [6.45, 7) is 1.70. The van der Waals surface area contributed by atoms with E-state index in [-0.39, 0.29) is 17.7 Å². The van der Waals surface area contributed by atoms with Gasteiger partial charge in [0, 0.05) is 39.1 Å². The van der Waals surface area contributed by atoms with Crippen LogP contribution in [0.3, 0.4) is 0 Å². The Morgan fingerprint density at radius 2 is 1.39 bits per heavy atom. The van der Waals surface area contributed by atoms with E-state index < -0.39 is 0 Å². The Balaban J connectivity index is 1.75. The Labute approximate surface area is 158 Å². The second-order valence-corrected chi connectivity index (χ2v) is 7.41. The van der Waals surface area contributed by atoms with Gasteiger partial charge in [-0.25, -0.2) is 8.78 Å². The maximum atomic E-state index is 13.9. The van der Waals surface area contributed by atoms with E-state index in [0.717, 1.165) is 63.1 Å². The predicted octanol–water partition coefficient (Wildman–Crippen LogP) is 4.97. The summed E-state index contributed by atoms with van der Waals surface area (Å²) in [5.41, 5.74) is 3.34. The molecule has 6 heteroatoms. The van der Waals surface area contributed by atoms with Crippen LogP contribution in [0, 0.1) is 11.6 Å². The molecule has 28 heavy (non-hydrogen) atoms. The molecule has 0 unspecified atom stereocenters. The van der Waals surface area contributed by atoms with Crippen LogP contribution in [0.1, 0.15) is 6.42 Å². The Kier molecular flexibility index (Phi) is 3.23. The molecule has 0 aliphatic carbocycles. The van der Waals surface area contributed by atoms with Crippen molar-refractivity contribution in [3.8, 4) is 5.75 Å². The van der Waals surface area contributed by atoms with E-state index in [1.165, 1.54) is 24.3 Å². The molecular weight excluding hydrogens is 360 g/mol. The molecule has 0 saturated carbocycles. The summed E-state index contributed by atoms with van der Waals surface area (Å²) in [5, 5.41) is 6.63. The molecule has 5 aromatic rings. The fraction of sp³-hybridized carbons (Fsp3) is 0.182. The first-order chi connectivity index (χ1) is 13.7. The van der Waals surface area contributed by atoms with E-state index in [4.69, 9.17) is 4.74 Å². The van der Waals surface area contributed by atoms with Crippen molar-refractivity contribution in [3.05, 3.63) is 54.1 Å². The summed E-state index contributed by atoms with van der Waals surface area (Å²) in [6, 6.07) is 11.4. The number of benzene rings is 3. The topological polar surface area (TPSA) is 52.8 Å². The van der Waals surface area contributed by atoms with E-state index >= 15 is 0 Å². The van der Waals surface area contributed by atoms with Crippen LogP contribution in [0.15, 0.2) is 42.5 Å². The molecule has 0 amide bonds. The number of rotatable bonds is 2. The van der Waals surface area contributed by atoms with Gasteiger partial charge in [0.15, 0.2) is 5.75 Å². The Morgan fingerprint density at radius 1 is 0.786 bits per heavy atom. The number of hydrogen-bond acceptors (Lipinski definition) is 2. The number of ether oxygens (including phenoxy) is 1. The van der Waals surface area contributed by atoms with Gasteiger partial charge in [0.1, 0.15) is 17.7 Å². The minimum absolute atomic E-state index is 0.0556. The SMILES string of the molecule is Fc1ccc2[nH]c3c(O[C@H]4CCNC4)c4[nH]c5ccc(F)cc5c4cc3c2c1. The number of aromatic nitrogens is 2. The fourth-order valence-corrected chi connectivity index (χ4v) is 4.31. The van der Waals surface area contributed by atoms with Crippen molar-refractivity contribution in [2.24, 2.45) is 0 Å². The molecule has 3 N–H and O–H groups in total. The third-order valence-corrected chi connectivity index (χ3v) is 5.64. The average molecular weight is 377 g/mol. The molecule has 140 valence electrons. The van der Waals surface area contributed by atoms with Crippen LogP contribution in [-0.4, -0.2) is 29.2 Å². The molecule has 0 radical (unpaired) electrons. The molecular formula is C22H17F2N3O. The molecule has 0 spiro atoms. The van der Waals surface area contributed by atoms with Crippen molar-refractivity contribution in [2.45, 2.75) is 12.5 Å². The number of fused-ring (bicyclic) bond motifs is 6. The lowest BCUT2D eigenvalue weighted by Crippen LogP contribution is -2.19. The normalized spacial score (nSPS) is 17.4. The van der Waals surface area contributed by atoms with Crippen molar-refractivity contribution in [2.75, 3.05) is 13.1 Å². The molecule has 3 heterocycles. The van der Waals surface area contributed by atoms with Crippen LogP contribution in [0.25, 0.3) is 43.6 Å². The summed E-state index contributed by atoms with van der Waals surface area (Å²) < 4.78 is 34.3. The number of hydrogen-bond donors (Lipinski definition) is 3. The largest absolute Gasteiger partial charge is 0.485 e. The Morgan fingerprint density at radius 3 is 1.93 bits per heavy atom. The van der Waals surface area contributed by atoms with E-state index in [2.05, 4.69) is 15.3 Å². The maximum Gasteiger partial charge on any atom is 0.167 e. The zero-order valence-corrected chi connectivity index (χ0v) is 14.9. The van der Waals surface area contributed by atoms with Gasteiger partial charge in [-0.2, -0.15) is 0 Å². The van der Waals surface area contributed by atoms with Crippen LogP contribution in [0.4, 0.5) is 8.78 Å². The Bertz CT molecular complexity index is 1280.